The second-order valence-electron chi connectivity index (χ2n) is 8.92. The van der Waals surface area contributed by atoms with Crippen LogP contribution >= 0.6 is 0 Å². The van der Waals surface area contributed by atoms with Crippen molar-refractivity contribution in [2.45, 2.75) is 36.8 Å². The summed E-state index contributed by atoms with van der Waals surface area (Å²) in [4.78, 5) is 17.0. The van der Waals surface area contributed by atoms with Crippen molar-refractivity contribution in [2.24, 2.45) is 0 Å². The van der Waals surface area contributed by atoms with E-state index in [0.29, 0.717) is 13.1 Å². The molecule has 3 aliphatic heterocycles. The Morgan fingerprint density at radius 1 is 1.03 bits per heavy atom. The Morgan fingerprint density at radius 3 is 2.49 bits per heavy atom. The lowest BCUT2D eigenvalue weighted by molar-refractivity contribution is -0.181. The molecule has 11 heteroatoms. The number of benzene rings is 2. The van der Waals surface area contributed by atoms with Crippen molar-refractivity contribution >= 4 is 17.4 Å². The number of nitrogens with one attached hydrogen (secondary N) is 2. The van der Waals surface area contributed by atoms with Crippen molar-refractivity contribution in [3.63, 3.8) is 0 Å². The minimum Gasteiger partial charge on any atom is -0.389 e. The number of alkyl halides is 3. The van der Waals surface area contributed by atoms with Crippen LogP contribution in [0.4, 0.5) is 29.3 Å². The Hall–Kier alpha value is -2.86. The number of fused-ring (bicyclic) bond motifs is 2. The van der Waals surface area contributed by atoms with Gasteiger partial charge >= 0.3 is 12.2 Å². The third kappa shape index (κ3) is 5.08. The van der Waals surface area contributed by atoms with E-state index in [1.165, 1.54) is 12.1 Å². The van der Waals surface area contributed by atoms with Crippen molar-refractivity contribution in [1.29, 1.82) is 0 Å². The van der Waals surface area contributed by atoms with Crippen LogP contribution in [0.1, 0.15) is 5.56 Å². The van der Waals surface area contributed by atoms with E-state index in [-0.39, 0.29) is 12.3 Å². The normalized spacial score (nSPS) is 29.1. The molecule has 0 spiro atoms. The zero-order valence-corrected chi connectivity index (χ0v) is 18.8. The summed E-state index contributed by atoms with van der Waals surface area (Å²) in [5.41, 5.74) is 0.270. The standard InChI is InChI=1S/C24H27F3N4O4/c25-24(26,27)15-5-4-6-16(13-15)28-23(33)29-19-18-14-34-22(35-18)20(21(19)32)31-11-9-30(10-12-31)17-7-2-1-3-8-17/h1-8,13,18-22,32H,9-12,14H2,(H2,28,29,33). The molecule has 5 unspecified atom stereocenters. The lowest BCUT2D eigenvalue weighted by atomic mass is 9.94. The highest BCUT2D eigenvalue weighted by molar-refractivity contribution is 5.89. The quantitative estimate of drug-likeness (QED) is 0.608. The first-order valence-corrected chi connectivity index (χ1v) is 11.5. The average Bonchev–Trinajstić information content (AvgIpc) is 3.28. The number of rotatable bonds is 4. The third-order valence-corrected chi connectivity index (χ3v) is 6.73. The molecular formula is C24H27F3N4O4. The molecule has 188 valence electrons. The molecule has 3 saturated heterocycles. The number of carbonyl (C=O) groups excluding carboxylic acids is 1. The third-order valence-electron chi connectivity index (χ3n) is 6.73. The summed E-state index contributed by atoms with van der Waals surface area (Å²) in [7, 11) is 0. The van der Waals surface area contributed by atoms with Gasteiger partial charge in [0.15, 0.2) is 6.29 Å². The minimum atomic E-state index is -4.52. The first-order valence-electron chi connectivity index (χ1n) is 11.5. The number of hydrogen-bond donors (Lipinski definition) is 3. The van der Waals surface area contributed by atoms with E-state index in [2.05, 4.69) is 32.6 Å². The van der Waals surface area contributed by atoms with E-state index < -0.39 is 48.4 Å². The molecule has 0 aromatic heterocycles. The number of urea groups is 1. The van der Waals surface area contributed by atoms with Gasteiger partial charge in [-0.15, -0.1) is 0 Å². The van der Waals surface area contributed by atoms with E-state index in [9.17, 15) is 23.1 Å². The van der Waals surface area contributed by atoms with Crippen molar-refractivity contribution in [3.8, 4) is 0 Å². The smallest absolute Gasteiger partial charge is 0.389 e. The molecule has 5 atom stereocenters. The highest BCUT2D eigenvalue weighted by Crippen LogP contribution is 2.33. The molecule has 2 aromatic carbocycles. The molecule has 35 heavy (non-hydrogen) atoms. The average molecular weight is 492 g/mol. The predicted molar refractivity (Wildman–Crippen MR) is 122 cm³/mol. The molecule has 3 N–H and O–H groups in total. The Morgan fingerprint density at radius 2 is 1.77 bits per heavy atom. The number of para-hydroxylation sites is 1. The van der Waals surface area contributed by atoms with Crippen LogP contribution in [-0.4, -0.2) is 79.4 Å². The van der Waals surface area contributed by atoms with Gasteiger partial charge in [0.05, 0.1) is 30.4 Å². The van der Waals surface area contributed by atoms with Crippen LogP contribution in [0.15, 0.2) is 54.6 Å². The number of aliphatic hydroxyl groups excluding tert-OH is 1. The van der Waals surface area contributed by atoms with Gasteiger partial charge < -0.3 is 30.1 Å². The van der Waals surface area contributed by atoms with Crippen molar-refractivity contribution in [3.05, 3.63) is 60.2 Å². The molecule has 8 nitrogen and oxygen atoms in total. The van der Waals surface area contributed by atoms with Gasteiger partial charge in [0.1, 0.15) is 6.10 Å². The molecule has 3 aliphatic rings. The molecule has 5 rings (SSSR count). The van der Waals surface area contributed by atoms with Gasteiger partial charge in [0.25, 0.3) is 0 Å². The predicted octanol–water partition coefficient (Wildman–Crippen LogP) is 2.50. The molecule has 3 fully saturated rings. The lowest BCUT2D eigenvalue weighted by Crippen LogP contribution is -2.67. The Balaban J connectivity index is 1.23. The van der Waals surface area contributed by atoms with Gasteiger partial charge in [-0.1, -0.05) is 24.3 Å². The maximum atomic E-state index is 13.0. The van der Waals surface area contributed by atoms with Crippen LogP contribution in [0.25, 0.3) is 0 Å². The van der Waals surface area contributed by atoms with Crippen molar-refractivity contribution in [1.82, 2.24) is 10.2 Å². The van der Waals surface area contributed by atoms with Crippen LogP contribution in [0.2, 0.25) is 0 Å². The summed E-state index contributed by atoms with van der Waals surface area (Å²) in [5, 5.41) is 16.3. The number of nitrogens with zero attached hydrogens (tertiary/aromatic N) is 2. The topological polar surface area (TPSA) is 86.3 Å². The van der Waals surface area contributed by atoms with Gasteiger partial charge in [-0.3, -0.25) is 4.90 Å². The number of anilines is 2. The molecule has 0 radical (unpaired) electrons. The van der Waals surface area contributed by atoms with Crippen LogP contribution in [-0.2, 0) is 15.7 Å². The maximum Gasteiger partial charge on any atom is 0.416 e. The largest absolute Gasteiger partial charge is 0.416 e. The van der Waals surface area contributed by atoms with Crippen LogP contribution in [0.5, 0.6) is 0 Å². The summed E-state index contributed by atoms with van der Waals surface area (Å²) in [6, 6.07) is 12.5. The van der Waals surface area contributed by atoms with E-state index in [1.54, 1.807) is 0 Å². The second kappa shape index (κ2) is 9.65. The van der Waals surface area contributed by atoms with Gasteiger partial charge in [-0.25, -0.2) is 4.79 Å². The van der Waals surface area contributed by atoms with E-state index in [0.717, 1.165) is 30.9 Å². The fourth-order valence-electron chi connectivity index (χ4n) is 4.98. The van der Waals surface area contributed by atoms with Crippen LogP contribution < -0.4 is 15.5 Å². The van der Waals surface area contributed by atoms with Crippen LogP contribution in [0.3, 0.4) is 0 Å². The number of aliphatic hydroxyl groups is 1. The monoisotopic (exact) mass is 492 g/mol. The zero-order valence-electron chi connectivity index (χ0n) is 18.8. The fraction of sp³-hybridized carbons (Fsp3) is 0.458. The van der Waals surface area contributed by atoms with Gasteiger partial charge in [-0.05, 0) is 30.3 Å². The van der Waals surface area contributed by atoms with Gasteiger partial charge in [0.2, 0.25) is 0 Å². The summed E-state index contributed by atoms with van der Waals surface area (Å²) >= 11 is 0. The number of ether oxygens (including phenoxy) is 2. The Bertz CT molecular complexity index is 1030. The molecule has 2 bridgehead atoms. The fourth-order valence-corrected chi connectivity index (χ4v) is 4.98. The van der Waals surface area contributed by atoms with E-state index >= 15 is 0 Å². The van der Waals surface area contributed by atoms with Crippen molar-refractivity contribution in [2.75, 3.05) is 43.0 Å². The SMILES string of the molecule is O=C(Nc1cccc(C(F)(F)F)c1)NC1C2COC(O2)C(N2CCN(c3ccccc3)CC2)C1O. The van der Waals surface area contributed by atoms with Crippen molar-refractivity contribution < 1.29 is 32.5 Å². The van der Waals surface area contributed by atoms with E-state index in [1.807, 2.05) is 18.2 Å². The second-order valence-corrected chi connectivity index (χ2v) is 8.92. The highest BCUT2D eigenvalue weighted by atomic mass is 19.4. The summed E-state index contributed by atoms with van der Waals surface area (Å²) < 4.78 is 50.6. The van der Waals surface area contributed by atoms with Gasteiger partial charge in [-0.2, -0.15) is 13.2 Å². The molecule has 0 saturated carbocycles. The highest BCUT2D eigenvalue weighted by Gasteiger charge is 2.53. The minimum absolute atomic E-state index is 0.00215. The molecule has 2 aromatic rings. The number of piperazine rings is 1. The molecule has 0 aliphatic carbocycles. The summed E-state index contributed by atoms with van der Waals surface area (Å²) in [6.45, 7) is 3.08. The van der Waals surface area contributed by atoms with Gasteiger partial charge in [0, 0.05) is 37.6 Å². The molecule has 2 amide bonds. The number of hydrogen-bond acceptors (Lipinski definition) is 6. The first kappa shape index (κ1) is 23.9. The summed E-state index contributed by atoms with van der Waals surface area (Å²) in [6.07, 6.45) is -6.65. The van der Waals surface area contributed by atoms with Crippen LogP contribution in [0, 0.1) is 0 Å². The Kier molecular flexibility index (Phi) is 6.58. The number of amides is 2. The Labute approximate surface area is 200 Å². The lowest BCUT2D eigenvalue weighted by Gasteiger charge is -2.47. The molecular weight excluding hydrogens is 465 g/mol. The zero-order chi connectivity index (χ0) is 24.6. The summed E-state index contributed by atoms with van der Waals surface area (Å²) in [5.74, 6) is 0. The molecule has 3 heterocycles. The number of halogens is 3. The first-order chi connectivity index (χ1) is 16.8. The number of carbonyl (C=O) groups is 1. The van der Waals surface area contributed by atoms with E-state index in [4.69, 9.17) is 9.47 Å². The maximum absolute atomic E-state index is 13.0.